The zero-order chi connectivity index (χ0) is 21.3. The van der Waals surface area contributed by atoms with E-state index < -0.39 is 5.60 Å². The Labute approximate surface area is 177 Å². The zero-order valence-electron chi connectivity index (χ0n) is 17.9. The molecule has 4 rings (SSSR count). The number of nitrogens with zero attached hydrogens (tertiary/aromatic N) is 2. The maximum absolute atomic E-state index is 9.90. The molecule has 0 saturated carbocycles. The Kier molecular flexibility index (Phi) is 5.44. The van der Waals surface area contributed by atoms with Gasteiger partial charge in [0.2, 0.25) is 0 Å². The number of aryl methyl sites for hydroxylation is 4. The highest BCUT2D eigenvalue weighted by molar-refractivity contribution is 6.08. The molecule has 0 saturated heterocycles. The van der Waals surface area contributed by atoms with Crippen molar-refractivity contribution in [2.75, 3.05) is 5.73 Å². The molecule has 0 aliphatic rings. The van der Waals surface area contributed by atoms with E-state index in [-0.39, 0.29) is 0 Å². The Balaban J connectivity index is 1.52. The fourth-order valence-electron chi connectivity index (χ4n) is 3.81. The smallest absolute Gasteiger partial charge is 0.150 e. The van der Waals surface area contributed by atoms with Gasteiger partial charge in [0.25, 0.3) is 0 Å². The summed E-state index contributed by atoms with van der Waals surface area (Å²) < 4.78 is 0. The first-order valence-electron chi connectivity index (χ1n) is 10.5. The molecule has 3 N–H and O–H groups in total. The van der Waals surface area contributed by atoms with Crippen LogP contribution >= 0.6 is 0 Å². The number of hydrogen-bond donors (Lipinski definition) is 2. The van der Waals surface area contributed by atoms with Gasteiger partial charge in [-0.25, -0.2) is 4.98 Å². The Morgan fingerprint density at radius 3 is 2.23 bits per heavy atom. The van der Waals surface area contributed by atoms with Gasteiger partial charge in [0.15, 0.2) is 5.82 Å². The lowest BCUT2D eigenvalue weighted by Gasteiger charge is -2.16. The maximum atomic E-state index is 9.90. The fourth-order valence-corrected chi connectivity index (χ4v) is 3.81. The standard InChI is InChI=1S/C26H29N3O/c1-17-4-11-21-22-15-20(16-28-24(22)25(27)29-23(21)14-17)10-9-18-5-7-19(8-6-18)12-13-26(2,3)30/h4-8,11,14-16,30H,9-10,12-13H2,1-3H3,(H2,27,29). The molecule has 0 bridgehead atoms. The molecule has 0 aliphatic heterocycles. The number of fused-ring (bicyclic) bond motifs is 3. The molecule has 4 nitrogen and oxygen atoms in total. The minimum absolute atomic E-state index is 0.483. The van der Waals surface area contributed by atoms with Crippen molar-refractivity contribution in [1.29, 1.82) is 0 Å². The first-order valence-corrected chi connectivity index (χ1v) is 10.5. The van der Waals surface area contributed by atoms with Crippen molar-refractivity contribution in [1.82, 2.24) is 9.97 Å². The van der Waals surface area contributed by atoms with Gasteiger partial charge in [-0.05, 0) is 80.8 Å². The fraction of sp³-hybridized carbons (Fsp3) is 0.308. The SMILES string of the molecule is Cc1ccc2c(c1)nc(N)c1ncc(CCc3ccc(CCC(C)(C)O)cc3)cc12. The molecule has 4 aromatic rings. The molecule has 2 aromatic heterocycles. The number of nitrogen functional groups attached to an aromatic ring is 1. The molecule has 0 atom stereocenters. The van der Waals surface area contributed by atoms with Crippen LogP contribution < -0.4 is 5.73 Å². The number of rotatable bonds is 6. The molecule has 154 valence electrons. The van der Waals surface area contributed by atoms with Gasteiger partial charge in [-0.1, -0.05) is 36.4 Å². The molecule has 2 heterocycles. The highest BCUT2D eigenvalue weighted by Crippen LogP contribution is 2.28. The number of hydrogen-bond acceptors (Lipinski definition) is 4. The highest BCUT2D eigenvalue weighted by atomic mass is 16.3. The monoisotopic (exact) mass is 399 g/mol. The van der Waals surface area contributed by atoms with E-state index in [0.29, 0.717) is 5.82 Å². The second-order valence-corrected chi connectivity index (χ2v) is 8.89. The van der Waals surface area contributed by atoms with Gasteiger partial charge in [0.1, 0.15) is 5.52 Å². The van der Waals surface area contributed by atoms with Crippen molar-refractivity contribution < 1.29 is 5.11 Å². The van der Waals surface area contributed by atoms with Gasteiger partial charge < -0.3 is 10.8 Å². The van der Waals surface area contributed by atoms with E-state index in [1.165, 1.54) is 22.3 Å². The third-order valence-electron chi connectivity index (χ3n) is 5.62. The highest BCUT2D eigenvalue weighted by Gasteiger charge is 2.12. The zero-order valence-corrected chi connectivity index (χ0v) is 17.9. The van der Waals surface area contributed by atoms with E-state index in [1.54, 1.807) is 0 Å². The molecule has 0 radical (unpaired) electrons. The molecule has 0 fully saturated rings. The summed E-state index contributed by atoms with van der Waals surface area (Å²) in [6.07, 6.45) is 5.44. The van der Waals surface area contributed by atoms with Gasteiger partial charge in [-0.2, -0.15) is 0 Å². The minimum Gasteiger partial charge on any atom is -0.390 e. The van der Waals surface area contributed by atoms with Crippen LogP contribution in [0.3, 0.4) is 0 Å². The summed E-state index contributed by atoms with van der Waals surface area (Å²) in [5.41, 5.74) is 12.2. The van der Waals surface area contributed by atoms with E-state index in [9.17, 15) is 5.11 Å². The van der Waals surface area contributed by atoms with E-state index in [0.717, 1.165) is 47.5 Å². The van der Waals surface area contributed by atoms with Crippen LogP contribution in [0.2, 0.25) is 0 Å². The van der Waals surface area contributed by atoms with Crippen LogP contribution in [0.4, 0.5) is 5.82 Å². The summed E-state index contributed by atoms with van der Waals surface area (Å²) in [4.78, 5) is 9.14. The lowest BCUT2D eigenvalue weighted by molar-refractivity contribution is 0.0714. The summed E-state index contributed by atoms with van der Waals surface area (Å²) in [5.74, 6) is 0.483. The molecule has 0 spiro atoms. The van der Waals surface area contributed by atoms with Crippen LogP contribution in [-0.4, -0.2) is 20.7 Å². The van der Waals surface area contributed by atoms with Crippen molar-refractivity contribution in [3.8, 4) is 0 Å². The topological polar surface area (TPSA) is 72.0 Å². The third-order valence-corrected chi connectivity index (χ3v) is 5.62. The molecular formula is C26H29N3O. The van der Waals surface area contributed by atoms with Crippen molar-refractivity contribution in [2.45, 2.75) is 52.1 Å². The van der Waals surface area contributed by atoms with E-state index in [1.807, 2.05) is 20.0 Å². The number of benzene rings is 2. The van der Waals surface area contributed by atoms with Crippen LogP contribution in [0.15, 0.2) is 54.7 Å². The van der Waals surface area contributed by atoms with Crippen LogP contribution in [0, 0.1) is 6.92 Å². The lowest BCUT2D eigenvalue weighted by Crippen LogP contribution is -2.19. The Morgan fingerprint density at radius 2 is 1.53 bits per heavy atom. The van der Waals surface area contributed by atoms with Crippen LogP contribution in [-0.2, 0) is 19.3 Å². The second-order valence-electron chi connectivity index (χ2n) is 8.89. The van der Waals surface area contributed by atoms with Crippen molar-refractivity contribution in [2.24, 2.45) is 0 Å². The summed E-state index contributed by atoms with van der Waals surface area (Å²) in [7, 11) is 0. The summed E-state index contributed by atoms with van der Waals surface area (Å²) >= 11 is 0. The first kappa shape index (κ1) is 20.3. The van der Waals surface area contributed by atoms with Crippen LogP contribution in [0.1, 0.15) is 42.5 Å². The molecular weight excluding hydrogens is 370 g/mol. The molecule has 4 heteroatoms. The van der Waals surface area contributed by atoms with E-state index in [4.69, 9.17) is 5.73 Å². The van der Waals surface area contributed by atoms with Gasteiger partial charge in [-0.15, -0.1) is 0 Å². The molecule has 2 aromatic carbocycles. The Hall–Kier alpha value is -2.98. The third kappa shape index (κ3) is 4.60. The van der Waals surface area contributed by atoms with Crippen LogP contribution in [0.5, 0.6) is 0 Å². The second kappa shape index (κ2) is 8.04. The number of anilines is 1. The van der Waals surface area contributed by atoms with Crippen molar-refractivity contribution in [3.05, 3.63) is 77.0 Å². The van der Waals surface area contributed by atoms with Crippen LogP contribution in [0.25, 0.3) is 21.8 Å². The normalized spacial score (nSPS) is 12.0. The average molecular weight is 400 g/mol. The molecule has 0 aliphatic carbocycles. The van der Waals surface area contributed by atoms with E-state index >= 15 is 0 Å². The average Bonchev–Trinajstić information content (AvgIpc) is 2.70. The predicted octanol–water partition coefficient (Wildman–Crippen LogP) is 5.16. The number of pyridine rings is 2. The first-order chi connectivity index (χ1) is 14.3. The summed E-state index contributed by atoms with van der Waals surface area (Å²) in [6, 6.07) is 17.2. The quantitative estimate of drug-likeness (QED) is 0.439. The van der Waals surface area contributed by atoms with Gasteiger partial charge in [0.05, 0.1) is 11.1 Å². The van der Waals surface area contributed by atoms with Gasteiger partial charge in [-0.3, -0.25) is 4.98 Å². The van der Waals surface area contributed by atoms with Gasteiger partial charge in [0, 0.05) is 17.0 Å². The number of nitrogens with two attached hydrogens (primary N) is 1. The largest absolute Gasteiger partial charge is 0.390 e. The summed E-state index contributed by atoms with van der Waals surface area (Å²) in [6.45, 7) is 5.77. The Morgan fingerprint density at radius 1 is 0.867 bits per heavy atom. The van der Waals surface area contributed by atoms with Crippen molar-refractivity contribution >= 4 is 27.6 Å². The van der Waals surface area contributed by atoms with Gasteiger partial charge >= 0.3 is 0 Å². The Bertz CT molecular complexity index is 1190. The van der Waals surface area contributed by atoms with E-state index in [2.05, 4.69) is 65.4 Å². The number of aliphatic hydroxyl groups is 1. The van der Waals surface area contributed by atoms with Crippen molar-refractivity contribution in [3.63, 3.8) is 0 Å². The summed E-state index contributed by atoms with van der Waals surface area (Å²) in [5, 5.41) is 12.1. The predicted molar refractivity (Wildman–Crippen MR) is 125 cm³/mol. The molecule has 0 unspecified atom stereocenters. The molecule has 0 amide bonds. The minimum atomic E-state index is -0.621. The molecule has 30 heavy (non-hydrogen) atoms. The lowest BCUT2D eigenvalue weighted by atomic mass is 9.97. The number of aromatic nitrogens is 2. The maximum Gasteiger partial charge on any atom is 0.150 e.